The molecule has 0 saturated carbocycles. The summed E-state index contributed by atoms with van der Waals surface area (Å²) in [6.07, 6.45) is 3.76. The van der Waals surface area contributed by atoms with Crippen molar-refractivity contribution in [1.82, 2.24) is 0 Å². The van der Waals surface area contributed by atoms with Gasteiger partial charge in [-0.25, -0.2) is 4.39 Å². The summed E-state index contributed by atoms with van der Waals surface area (Å²) in [6.45, 7) is 8.17. The third kappa shape index (κ3) is 2.86. The summed E-state index contributed by atoms with van der Waals surface area (Å²) in [5.41, 5.74) is 2.46. The van der Waals surface area contributed by atoms with Gasteiger partial charge in [-0.2, -0.15) is 0 Å². The minimum Gasteiger partial charge on any atom is -0.367 e. The third-order valence-corrected chi connectivity index (χ3v) is 3.66. The van der Waals surface area contributed by atoms with Crippen LogP contribution in [0.15, 0.2) is 29.8 Å². The Bertz CT molecular complexity index is 514. The molecule has 0 unspecified atom stereocenters. The Morgan fingerprint density at radius 3 is 2.58 bits per heavy atom. The number of aldehydes is 1. The van der Waals surface area contributed by atoms with Gasteiger partial charge in [0.1, 0.15) is 5.82 Å². The van der Waals surface area contributed by atoms with E-state index in [1.165, 1.54) is 11.6 Å². The molecule has 0 N–H and O–H groups in total. The van der Waals surface area contributed by atoms with Crippen LogP contribution in [0.5, 0.6) is 0 Å². The average Bonchev–Trinajstić information content (AvgIpc) is 2.37. The molecular formula is C16H20FNO. The van der Waals surface area contributed by atoms with E-state index >= 15 is 0 Å². The van der Waals surface area contributed by atoms with Gasteiger partial charge in [0.15, 0.2) is 6.29 Å². The van der Waals surface area contributed by atoms with Crippen LogP contribution in [0.25, 0.3) is 0 Å². The third-order valence-electron chi connectivity index (χ3n) is 3.66. The molecule has 2 nitrogen and oxygen atoms in total. The highest BCUT2D eigenvalue weighted by Gasteiger charge is 2.22. The molecule has 0 bridgehead atoms. The van der Waals surface area contributed by atoms with E-state index in [-0.39, 0.29) is 11.0 Å². The van der Waals surface area contributed by atoms with E-state index in [0.717, 1.165) is 19.5 Å². The molecule has 0 radical (unpaired) electrons. The van der Waals surface area contributed by atoms with Crippen molar-refractivity contribution >= 4 is 12.0 Å². The summed E-state index contributed by atoms with van der Waals surface area (Å²) in [6, 6.07) is 4.79. The molecule has 1 aliphatic rings. The van der Waals surface area contributed by atoms with Gasteiger partial charge in [0, 0.05) is 13.1 Å². The first-order chi connectivity index (χ1) is 8.93. The summed E-state index contributed by atoms with van der Waals surface area (Å²) in [7, 11) is 0. The Morgan fingerprint density at radius 2 is 2.05 bits per heavy atom. The normalized spacial score (nSPS) is 16.2. The Hall–Kier alpha value is -1.64. The quantitative estimate of drug-likeness (QED) is 0.596. The number of nitrogens with zero attached hydrogens (tertiary/aromatic N) is 1. The number of carbonyl (C=O) groups is 1. The van der Waals surface area contributed by atoms with Gasteiger partial charge in [-0.3, -0.25) is 4.79 Å². The van der Waals surface area contributed by atoms with Gasteiger partial charge in [-0.05, 0) is 24.0 Å². The van der Waals surface area contributed by atoms with Gasteiger partial charge in [-0.15, -0.1) is 0 Å². The lowest BCUT2D eigenvalue weighted by molar-refractivity contribution is 0.112. The molecular weight excluding hydrogens is 241 g/mol. The molecule has 0 spiro atoms. The first-order valence-corrected chi connectivity index (χ1v) is 6.61. The minimum absolute atomic E-state index is 0.162. The topological polar surface area (TPSA) is 20.3 Å². The SMILES string of the molecule is CC(C)(C)C1=CCN(c2cccc(F)c2C=O)CC1. The van der Waals surface area contributed by atoms with Crippen molar-refractivity contribution in [3.63, 3.8) is 0 Å². The van der Waals surface area contributed by atoms with Gasteiger partial charge in [0.05, 0.1) is 11.3 Å². The molecule has 0 aromatic heterocycles. The van der Waals surface area contributed by atoms with Crippen molar-refractivity contribution in [2.45, 2.75) is 27.2 Å². The lowest BCUT2D eigenvalue weighted by atomic mass is 9.83. The molecule has 1 aromatic rings. The van der Waals surface area contributed by atoms with E-state index in [4.69, 9.17) is 0 Å². The van der Waals surface area contributed by atoms with E-state index in [1.54, 1.807) is 6.07 Å². The summed E-state index contributed by atoms with van der Waals surface area (Å²) in [5, 5.41) is 0. The molecule has 1 aromatic carbocycles. The van der Waals surface area contributed by atoms with Crippen LogP contribution in [0.4, 0.5) is 10.1 Å². The summed E-state index contributed by atoms with van der Waals surface area (Å²) in [5.74, 6) is -0.446. The number of anilines is 1. The molecule has 0 fully saturated rings. The largest absolute Gasteiger partial charge is 0.367 e. The number of carbonyl (C=O) groups excluding carboxylic acids is 1. The standard InChI is InChI=1S/C16H20FNO/c1-16(2,3)12-7-9-18(10-8-12)15-6-4-5-14(17)13(15)11-19/h4-7,11H,8-10H2,1-3H3. The maximum atomic E-state index is 13.6. The van der Waals surface area contributed by atoms with Crippen molar-refractivity contribution in [2.24, 2.45) is 5.41 Å². The fourth-order valence-corrected chi connectivity index (χ4v) is 2.49. The second kappa shape index (κ2) is 5.16. The molecule has 0 saturated heterocycles. The molecule has 1 heterocycles. The van der Waals surface area contributed by atoms with Crippen molar-refractivity contribution in [2.75, 3.05) is 18.0 Å². The summed E-state index contributed by atoms with van der Waals surface area (Å²) in [4.78, 5) is 13.1. The van der Waals surface area contributed by atoms with E-state index in [2.05, 4.69) is 31.7 Å². The van der Waals surface area contributed by atoms with Crippen molar-refractivity contribution in [1.29, 1.82) is 0 Å². The van der Waals surface area contributed by atoms with E-state index in [0.29, 0.717) is 12.0 Å². The van der Waals surface area contributed by atoms with Crippen molar-refractivity contribution in [3.05, 3.63) is 41.2 Å². The predicted molar refractivity (Wildman–Crippen MR) is 76.2 cm³/mol. The van der Waals surface area contributed by atoms with Crippen LogP contribution in [0, 0.1) is 11.2 Å². The maximum Gasteiger partial charge on any atom is 0.155 e. The summed E-state index contributed by atoms with van der Waals surface area (Å²) >= 11 is 0. The van der Waals surface area contributed by atoms with Gasteiger partial charge in [0.2, 0.25) is 0 Å². The highest BCUT2D eigenvalue weighted by Crippen LogP contribution is 2.32. The fourth-order valence-electron chi connectivity index (χ4n) is 2.49. The molecule has 1 aliphatic heterocycles. The van der Waals surface area contributed by atoms with E-state index in [9.17, 15) is 9.18 Å². The van der Waals surface area contributed by atoms with Crippen LogP contribution in [0.3, 0.4) is 0 Å². The summed E-state index contributed by atoms with van der Waals surface area (Å²) < 4.78 is 13.6. The molecule has 3 heteroatoms. The number of hydrogen-bond donors (Lipinski definition) is 0. The van der Waals surface area contributed by atoms with Gasteiger partial charge >= 0.3 is 0 Å². The van der Waals surface area contributed by atoms with Crippen LogP contribution < -0.4 is 4.90 Å². The zero-order valence-corrected chi connectivity index (χ0v) is 11.7. The molecule has 2 rings (SSSR count). The zero-order valence-electron chi connectivity index (χ0n) is 11.7. The van der Waals surface area contributed by atoms with Crippen LogP contribution in [0.2, 0.25) is 0 Å². The number of rotatable bonds is 2. The second-order valence-corrected chi connectivity index (χ2v) is 5.97. The van der Waals surface area contributed by atoms with Crippen LogP contribution >= 0.6 is 0 Å². The van der Waals surface area contributed by atoms with Crippen LogP contribution in [-0.4, -0.2) is 19.4 Å². The monoisotopic (exact) mass is 261 g/mol. The molecule has 0 amide bonds. The Labute approximate surface area is 113 Å². The van der Waals surface area contributed by atoms with E-state index < -0.39 is 5.82 Å². The maximum absolute atomic E-state index is 13.6. The van der Waals surface area contributed by atoms with Gasteiger partial charge in [-0.1, -0.05) is 38.5 Å². The molecule has 102 valence electrons. The number of hydrogen-bond acceptors (Lipinski definition) is 2. The molecule has 0 atom stereocenters. The van der Waals surface area contributed by atoms with Gasteiger partial charge < -0.3 is 4.90 Å². The van der Waals surface area contributed by atoms with Gasteiger partial charge in [0.25, 0.3) is 0 Å². The first kappa shape index (κ1) is 13.8. The van der Waals surface area contributed by atoms with Crippen molar-refractivity contribution < 1.29 is 9.18 Å². The lowest BCUT2D eigenvalue weighted by Gasteiger charge is -2.34. The Kier molecular flexibility index (Phi) is 3.74. The lowest BCUT2D eigenvalue weighted by Crippen LogP contribution is -2.32. The van der Waals surface area contributed by atoms with E-state index in [1.807, 2.05) is 6.07 Å². The minimum atomic E-state index is -0.446. The molecule has 0 aliphatic carbocycles. The smallest absolute Gasteiger partial charge is 0.155 e. The number of benzene rings is 1. The number of halogens is 1. The predicted octanol–water partition coefficient (Wildman–Crippen LogP) is 3.82. The fraction of sp³-hybridized carbons (Fsp3) is 0.438. The molecule has 19 heavy (non-hydrogen) atoms. The highest BCUT2D eigenvalue weighted by molar-refractivity contribution is 5.85. The Balaban J connectivity index is 2.25. The van der Waals surface area contributed by atoms with Crippen LogP contribution in [-0.2, 0) is 0 Å². The first-order valence-electron chi connectivity index (χ1n) is 6.61. The zero-order chi connectivity index (χ0) is 14.0. The van der Waals surface area contributed by atoms with Crippen LogP contribution in [0.1, 0.15) is 37.6 Å². The Morgan fingerprint density at radius 1 is 1.32 bits per heavy atom. The highest BCUT2D eigenvalue weighted by atomic mass is 19.1. The average molecular weight is 261 g/mol. The van der Waals surface area contributed by atoms with Crippen molar-refractivity contribution in [3.8, 4) is 0 Å². The second-order valence-electron chi connectivity index (χ2n) is 5.97.